The van der Waals surface area contributed by atoms with Crippen molar-refractivity contribution in [2.45, 2.75) is 4.90 Å². The Labute approximate surface area is 195 Å². The van der Waals surface area contributed by atoms with Gasteiger partial charge in [-0.3, -0.25) is 9.10 Å². The number of rotatable bonds is 7. The molecule has 3 aromatic carbocycles. The molecule has 3 rings (SSSR count). The van der Waals surface area contributed by atoms with E-state index in [0.717, 1.165) is 4.31 Å². The number of esters is 1. The Morgan fingerprint density at radius 2 is 1.62 bits per heavy atom. The van der Waals surface area contributed by atoms with E-state index in [1.54, 1.807) is 24.3 Å². The number of hydrogen-bond acceptors (Lipinski definition) is 5. The minimum atomic E-state index is -4.12. The molecule has 0 saturated carbocycles. The van der Waals surface area contributed by atoms with Gasteiger partial charge in [-0.05, 0) is 60.7 Å². The van der Waals surface area contributed by atoms with Crippen LogP contribution < -0.4 is 9.62 Å². The maximum atomic E-state index is 13.3. The molecule has 10 heteroatoms. The lowest BCUT2D eigenvalue weighted by Gasteiger charge is -2.24. The lowest BCUT2D eigenvalue weighted by atomic mass is 10.2. The van der Waals surface area contributed by atoms with Gasteiger partial charge in [-0.1, -0.05) is 35.3 Å². The molecule has 0 spiro atoms. The van der Waals surface area contributed by atoms with Crippen molar-refractivity contribution in [3.63, 3.8) is 0 Å². The number of benzene rings is 3. The number of halogens is 2. The molecule has 3 aromatic rings. The van der Waals surface area contributed by atoms with Crippen LogP contribution in [0.1, 0.15) is 10.4 Å². The molecule has 0 aliphatic rings. The van der Waals surface area contributed by atoms with Crippen LogP contribution in [0.25, 0.3) is 0 Å². The van der Waals surface area contributed by atoms with Crippen molar-refractivity contribution in [2.24, 2.45) is 0 Å². The Balaban J connectivity index is 1.92. The number of methoxy groups -OCH3 is 1. The first-order chi connectivity index (χ1) is 15.2. The SMILES string of the molecule is COC(=O)c1cccc(NC(=O)CN(c2cccc(Cl)c2)S(=O)(=O)c2ccc(Cl)cc2)c1. The van der Waals surface area contributed by atoms with Gasteiger partial charge in [-0.25, -0.2) is 13.2 Å². The molecule has 0 bridgehead atoms. The number of nitrogens with zero attached hydrogens (tertiary/aromatic N) is 1. The molecule has 0 aliphatic heterocycles. The van der Waals surface area contributed by atoms with Gasteiger partial charge < -0.3 is 10.1 Å². The molecule has 166 valence electrons. The molecule has 0 unspecified atom stereocenters. The highest BCUT2D eigenvalue weighted by Crippen LogP contribution is 2.27. The monoisotopic (exact) mass is 492 g/mol. The van der Waals surface area contributed by atoms with Crippen LogP contribution in [0.5, 0.6) is 0 Å². The van der Waals surface area contributed by atoms with E-state index in [2.05, 4.69) is 10.1 Å². The number of amides is 1. The summed E-state index contributed by atoms with van der Waals surface area (Å²) < 4.78 is 32.3. The highest BCUT2D eigenvalue weighted by Gasteiger charge is 2.27. The average molecular weight is 493 g/mol. The number of nitrogens with one attached hydrogen (secondary N) is 1. The third kappa shape index (κ3) is 5.59. The van der Waals surface area contributed by atoms with Crippen LogP contribution in [-0.2, 0) is 19.6 Å². The molecule has 1 N–H and O–H groups in total. The molecule has 0 aromatic heterocycles. The summed E-state index contributed by atoms with van der Waals surface area (Å²) in [6.45, 7) is -0.534. The van der Waals surface area contributed by atoms with Crippen molar-refractivity contribution >= 4 is 56.5 Å². The minimum absolute atomic E-state index is 0.0395. The van der Waals surface area contributed by atoms with Crippen LogP contribution in [0.15, 0.2) is 77.7 Å². The van der Waals surface area contributed by atoms with Crippen LogP contribution in [0.4, 0.5) is 11.4 Å². The third-order valence-electron chi connectivity index (χ3n) is 4.35. The highest BCUT2D eigenvalue weighted by atomic mass is 35.5. The summed E-state index contributed by atoms with van der Waals surface area (Å²) in [5.74, 6) is -1.18. The van der Waals surface area contributed by atoms with Crippen molar-refractivity contribution < 1.29 is 22.7 Å². The van der Waals surface area contributed by atoms with Gasteiger partial charge in [0.15, 0.2) is 0 Å². The Hall–Kier alpha value is -3.07. The van der Waals surface area contributed by atoms with E-state index >= 15 is 0 Å². The summed E-state index contributed by atoms with van der Waals surface area (Å²) in [5.41, 5.74) is 0.768. The average Bonchev–Trinajstić information content (AvgIpc) is 2.77. The fraction of sp³-hybridized carbons (Fsp3) is 0.0909. The molecule has 0 aliphatic carbocycles. The first-order valence-corrected chi connectivity index (χ1v) is 11.4. The normalized spacial score (nSPS) is 11.0. The Morgan fingerprint density at radius 1 is 0.938 bits per heavy atom. The standard InChI is InChI=1S/C22H18Cl2N2O5S/c1-31-22(28)15-4-2-6-18(12-15)25-21(27)14-26(19-7-3-5-17(24)13-19)32(29,30)20-10-8-16(23)9-11-20/h2-13H,14H2,1H3,(H,25,27). The molecule has 0 saturated heterocycles. The summed E-state index contributed by atoms with van der Waals surface area (Å²) in [4.78, 5) is 24.5. The number of sulfonamides is 1. The number of anilines is 2. The Bertz CT molecular complexity index is 1250. The Kier molecular flexibility index (Phi) is 7.40. The van der Waals surface area contributed by atoms with E-state index in [4.69, 9.17) is 23.2 Å². The maximum Gasteiger partial charge on any atom is 0.337 e. The number of carbonyl (C=O) groups is 2. The van der Waals surface area contributed by atoms with Gasteiger partial charge in [0.25, 0.3) is 10.0 Å². The van der Waals surface area contributed by atoms with Gasteiger partial charge >= 0.3 is 5.97 Å². The number of hydrogen-bond donors (Lipinski definition) is 1. The zero-order valence-corrected chi connectivity index (χ0v) is 19.1. The van der Waals surface area contributed by atoms with Gasteiger partial charge in [0.1, 0.15) is 6.54 Å². The summed E-state index contributed by atoms with van der Waals surface area (Å²) in [7, 11) is -2.87. The molecule has 0 fully saturated rings. The van der Waals surface area contributed by atoms with Gasteiger partial charge in [0, 0.05) is 15.7 Å². The van der Waals surface area contributed by atoms with Crippen molar-refractivity contribution in [3.8, 4) is 0 Å². The quantitative estimate of drug-likeness (QED) is 0.485. The van der Waals surface area contributed by atoms with Crippen molar-refractivity contribution in [3.05, 3.63) is 88.4 Å². The van der Waals surface area contributed by atoms with Gasteiger partial charge in [0.05, 0.1) is 23.3 Å². The van der Waals surface area contributed by atoms with Crippen LogP contribution in [-0.4, -0.2) is 33.9 Å². The Morgan fingerprint density at radius 3 is 2.28 bits per heavy atom. The number of ether oxygens (including phenoxy) is 1. The molecule has 0 atom stereocenters. The molecular weight excluding hydrogens is 475 g/mol. The first-order valence-electron chi connectivity index (χ1n) is 9.23. The van der Waals surface area contributed by atoms with E-state index in [1.165, 1.54) is 55.6 Å². The summed E-state index contributed by atoms with van der Waals surface area (Å²) >= 11 is 11.9. The number of carbonyl (C=O) groups excluding carboxylic acids is 2. The van der Waals surface area contributed by atoms with E-state index < -0.39 is 28.4 Å². The second-order valence-electron chi connectivity index (χ2n) is 6.57. The predicted molar refractivity (Wildman–Crippen MR) is 124 cm³/mol. The highest BCUT2D eigenvalue weighted by molar-refractivity contribution is 7.92. The fourth-order valence-electron chi connectivity index (χ4n) is 2.85. The first kappa shape index (κ1) is 23.6. The van der Waals surface area contributed by atoms with Crippen molar-refractivity contribution in [1.29, 1.82) is 0 Å². The van der Waals surface area contributed by atoms with Gasteiger partial charge in [0.2, 0.25) is 5.91 Å². The summed E-state index contributed by atoms with van der Waals surface area (Å²) in [6.07, 6.45) is 0. The van der Waals surface area contributed by atoms with E-state index in [0.29, 0.717) is 15.7 Å². The predicted octanol–water partition coefficient (Wildman–Crippen LogP) is 4.61. The largest absolute Gasteiger partial charge is 0.465 e. The van der Waals surface area contributed by atoms with Crippen molar-refractivity contribution in [2.75, 3.05) is 23.3 Å². The second kappa shape index (κ2) is 10.0. The lowest BCUT2D eigenvalue weighted by molar-refractivity contribution is -0.114. The van der Waals surface area contributed by atoms with Crippen LogP contribution in [0, 0.1) is 0 Å². The van der Waals surface area contributed by atoms with Crippen LogP contribution in [0.3, 0.4) is 0 Å². The second-order valence-corrected chi connectivity index (χ2v) is 9.30. The van der Waals surface area contributed by atoms with Gasteiger partial charge in [-0.2, -0.15) is 0 Å². The van der Waals surface area contributed by atoms with E-state index in [9.17, 15) is 18.0 Å². The fourth-order valence-corrected chi connectivity index (χ4v) is 4.58. The zero-order valence-electron chi connectivity index (χ0n) is 16.8. The molecule has 1 amide bonds. The summed E-state index contributed by atoms with van der Waals surface area (Å²) in [5, 5.41) is 3.29. The third-order valence-corrected chi connectivity index (χ3v) is 6.63. The van der Waals surface area contributed by atoms with E-state index in [-0.39, 0.29) is 16.1 Å². The van der Waals surface area contributed by atoms with E-state index in [1.807, 2.05) is 0 Å². The molecule has 0 radical (unpaired) electrons. The topological polar surface area (TPSA) is 92.8 Å². The molecular formula is C22H18Cl2N2O5S. The zero-order chi connectivity index (χ0) is 23.3. The van der Waals surface area contributed by atoms with Gasteiger partial charge in [-0.15, -0.1) is 0 Å². The molecule has 32 heavy (non-hydrogen) atoms. The minimum Gasteiger partial charge on any atom is -0.465 e. The molecule has 0 heterocycles. The maximum absolute atomic E-state index is 13.3. The lowest BCUT2D eigenvalue weighted by Crippen LogP contribution is -2.38. The van der Waals surface area contributed by atoms with Crippen LogP contribution in [0.2, 0.25) is 10.0 Å². The van der Waals surface area contributed by atoms with Crippen LogP contribution >= 0.6 is 23.2 Å². The molecule has 7 nitrogen and oxygen atoms in total. The smallest absolute Gasteiger partial charge is 0.337 e. The van der Waals surface area contributed by atoms with Crippen molar-refractivity contribution in [1.82, 2.24) is 0 Å². The summed E-state index contributed by atoms with van der Waals surface area (Å²) in [6, 6.07) is 17.9.